The van der Waals surface area contributed by atoms with Crippen molar-refractivity contribution >= 4 is 45.6 Å². The van der Waals surface area contributed by atoms with Gasteiger partial charge in [-0.15, -0.1) is 0 Å². The van der Waals surface area contributed by atoms with Crippen LogP contribution in [0, 0.1) is 17.7 Å². The number of pyridine rings is 1. The maximum absolute atomic E-state index is 15.3. The molecule has 1 atom stereocenters. The van der Waals surface area contributed by atoms with Crippen LogP contribution < -0.4 is 4.90 Å². The van der Waals surface area contributed by atoms with Gasteiger partial charge in [0.2, 0.25) is 0 Å². The fraction of sp³-hybridized carbons (Fsp3) is 0.429. The molecule has 5 rings (SSSR count). The van der Waals surface area contributed by atoms with Crippen LogP contribution in [0.4, 0.5) is 10.1 Å². The normalized spacial score (nSPS) is 17.7. The van der Waals surface area contributed by atoms with Crippen molar-refractivity contribution in [1.82, 2.24) is 9.88 Å². The van der Waals surface area contributed by atoms with Gasteiger partial charge in [-0.3, -0.25) is 9.78 Å². The van der Waals surface area contributed by atoms with Gasteiger partial charge in [0.05, 0.1) is 26.8 Å². The lowest BCUT2D eigenvalue weighted by Crippen LogP contribution is -2.42. The molecule has 2 aliphatic rings. The van der Waals surface area contributed by atoms with Crippen LogP contribution >= 0.6 is 23.2 Å². The highest BCUT2D eigenvalue weighted by Crippen LogP contribution is 2.42. The summed E-state index contributed by atoms with van der Waals surface area (Å²) >= 11 is 12.3. The highest BCUT2D eigenvalue weighted by Gasteiger charge is 2.35. The first-order valence-electron chi connectivity index (χ1n) is 12.4. The maximum atomic E-state index is 15.3. The molecule has 0 amide bonds. The summed E-state index contributed by atoms with van der Waals surface area (Å²) in [6, 6.07) is 6.60. The van der Waals surface area contributed by atoms with Crippen molar-refractivity contribution in [3.63, 3.8) is 0 Å². The average molecular weight is 530 g/mol. The van der Waals surface area contributed by atoms with Crippen LogP contribution in [-0.4, -0.2) is 54.0 Å². The summed E-state index contributed by atoms with van der Waals surface area (Å²) in [5.41, 5.74) is 2.69. The van der Waals surface area contributed by atoms with Crippen LogP contribution in [-0.2, 0) is 0 Å². The number of carbonyl (C=O) groups is 1. The molecular weight excluding hydrogens is 500 g/mol. The number of halogens is 3. The van der Waals surface area contributed by atoms with Gasteiger partial charge >= 0.3 is 0 Å². The Morgan fingerprint density at radius 1 is 1.11 bits per heavy atom. The van der Waals surface area contributed by atoms with Gasteiger partial charge in [-0.2, -0.15) is 0 Å². The predicted molar refractivity (Wildman–Crippen MR) is 144 cm³/mol. The van der Waals surface area contributed by atoms with E-state index >= 15 is 4.39 Å². The van der Waals surface area contributed by atoms with E-state index in [1.807, 2.05) is 0 Å². The fourth-order valence-electron chi connectivity index (χ4n) is 5.26. The van der Waals surface area contributed by atoms with Gasteiger partial charge in [0, 0.05) is 48.3 Å². The summed E-state index contributed by atoms with van der Waals surface area (Å²) in [7, 11) is 4.22. The van der Waals surface area contributed by atoms with E-state index in [-0.39, 0.29) is 27.5 Å². The molecule has 2 fully saturated rings. The third-order valence-electron chi connectivity index (χ3n) is 7.82. The smallest absolute Gasteiger partial charge is 0.169 e. The van der Waals surface area contributed by atoms with E-state index in [1.54, 1.807) is 12.3 Å². The molecule has 36 heavy (non-hydrogen) atoms. The highest BCUT2D eigenvalue weighted by atomic mass is 35.5. The third kappa shape index (κ3) is 4.67. The number of Topliss-reactive ketones (excluding diaryl/α,β-unsaturated/α-hetero) is 1. The number of piperidine rings is 1. The zero-order valence-electron chi connectivity index (χ0n) is 20.7. The Hall–Kier alpha value is -2.41. The van der Waals surface area contributed by atoms with E-state index < -0.39 is 5.82 Å². The number of aromatic nitrogens is 1. The number of hydrogen-bond acceptors (Lipinski definition) is 5. The Labute approximate surface area is 220 Å². The molecular formula is C28H30Cl2FN3O2. The van der Waals surface area contributed by atoms with Crippen molar-refractivity contribution in [3.8, 4) is 16.9 Å². The first-order valence-corrected chi connectivity index (χ1v) is 13.2. The average Bonchev–Trinajstić information content (AvgIpc) is 3.71. The second-order valence-corrected chi connectivity index (χ2v) is 11.1. The summed E-state index contributed by atoms with van der Waals surface area (Å²) in [4.78, 5) is 22.3. The summed E-state index contributed by atoms with van der Waals surface area (Å²) < 4.78 is 15.3. The maximum Gasteiger partial charge on any atom is 0.169 e. The number of benzene rings is 2. The Morgan fingerprint density at radius 2 is 1.75 bits per heavy atom. The van der Waals surface area contributed by atoms with Crippen LogP contribution in [0.2, 0.25) is 10.0 Å². The zero-order valence-corrected chi connectivity index (χ0v) is 22.2. The Bertz CT molecular complexity index is 1310. The Kier molecular flexibility index (Phi) is 6.88. The van der Waals surface area contributed by atoms with Gasteiger partial charge in [0.15, 0.2) is 11.5 Å². The molecule has 190 valence electrons. The first kappa shape index (κ1) is 25.2. The van der Waals surface area contributed by atoms with Crippen molar-refractivity contribution in [2.24, 2.45) is 11.8 Å². The van der Waals surface area contributed by atoms with E-state index in [9.17, 15) is 9.90 Å². The van der Waals surface area contributed by atoms with Gasteiger partial charge in [-0.05, 0) is 76.4 Å². The lowest BCUT2D eigenvalue weighted by Gasteiger charge is -2.39. The molecule has 8 heteroatoms. The van der Waals surface area contributed by atoms with E-state index in [2.05, 4.69) is 35.8 Å². The van der Waals surface area contributed by atoms with Crippen LogP contribution in [0.25, 0.3) is 22.0 Å². The van der Waals surface area contributed by atoms with Crippen LogP contribution in [0.3, 0.4) is 0 Å². The van der Waals surface area contributed by atoms with E-state index in [0.29, 0.717) is 34.2 Å². The predicted octanol–water partition coefficient (Wildman–Crippen LogP) is 6.81. The second-order valence-electron chi connectivity index (χ2n) is 10.3. The van der Waals surface area contributed by atoms with Crippen molar-refractivity contribution in [3.05, 3.63) is 51.9 Å². The molecule has 1 aliphatic carbocycles. The topological polar surface area (TPSA) is 56.7 Å². The molecule has 1 unspecified atom stereocenters. The van der Waals surface area contributed by atoms with Gasteiger partial charge in [-0.25, -0.2) is 4.39 Å². The van der Waals surface area contributed by atoms with E-state index in [1.165, 1.54) is 18.2 Å². The molecule has 1 saturated heterocycles. The number of rotatable bonds is 6. The standard InChI is InChI=1S/C28H30Cl2FN3O2/c1-15(33(2)3)16-6-8-34(9-7-16)26-20-12-19(18-10-22(29)28(36)23(30)11-18)24(31)13-25(20)32-14-21(26)27(35)17-4-5-17/h10-17,36H,4-9H2,1-3H3. The molecule has 1 saturated carbocycles. The van der Waals surface area contributed by atoms with Crippen molar-refractivity contribution in [1.29, 1.82) is 0 Å². The van der Waals surface area contributed by atoms with Crippen LogP contribution in [0.1, 0.15) is 43.0 Å². The molecule has 1 aliphatic heterocycles. The quantitative estimate of drug-likeness (QED) is 0.355. The summed E-state index contributed by atoms with van der Waals surface area (Å²) in [5, 5.41) is 10.8. The number of phenols is 1. The van der Waals surface area contributed by atoms with Crippen LogP contribution in [0.15, 0.2) is 30.5 Å². The van der Waals surface area contributed by atoms with Gasteiger partial charge in [-0.1, -0.05) is 23.2 Å². The monoisotopic (exact) mass is 529 g/mol. The number of fused-ring (bicyclic) bond motifs is 1. The molecule has 2 aromatic carbocycles. The number of hydrogen-bond donors (Lipinski definition) is 1. The molecule has 1 aromatic heterocycles. The molecule has 3 aromatic rings. The highest BCUT2D eigenvalue weighted by molar-refractivity contribution is 6.37. The molecule has 2 heterocycles. The van der Waals surface area contributed by atoms with E-state index in [4.69, 9.17) is 23.2 Å². The van der Waals surface area contributed by atoms with Crippen molar-refractivity contribution < 1.29 is 14.3 Å². The third-order valence-corrected chi connectivity index (χ3v) is 8.40. The van der Waals surface area contributed by atoms with Crippen molar-refractivity contribution in [2.45, 2.75) is 38.6 Å². The number of nitrogens with zero attached hydrogens (tertiary/aromatic N) is 3. The Balaban J connectivity index is 1.63. The fourth-order valence-corrected chi connectivity index (χ4v) is 5.74. The minimum atomic E-state index is -0.474. The van der Waals surface area contributed by atoms with Gasteiger partial charge in [0.25, 0.3) is 0 Å². The molecule has 0 bridgehead atoms. The second kappa shape index (κ2) is 9.81. The molecule has 5 nitrogen and oxygen atoms in total. The molecule has 0 radical (unpaired) electrons. The number of carbonyl (C=O) groups excluding carboxylic acids is 1. The van der Waals surface area contributed by atoms with Gasteiger partial charge in [0.1, 0.15) is 5.82 Å². The number of phenolic OH excluding ortho intramolecular Hbond substituents is 1. The van der Waals surface area contributed by atoms with Crippen molar-refractivity contribution in [2.75, 3.05) is 32.1 Å². The summed E-state index contributed by atoms with van der Waals surface area (Å²) in [5.74, 6) is 0.0197. The largest absolute Gasteiger partial charge is 0.505 e. The van der Waals surface area contributed by atoms with E-state index in [0.717, 1.165) is 49.8 Å². The zero-order chi connectivity index (χ0) is 25.7. The molecule has 1 N–H and O–H groups in total. The first-order chi connectivity index (χ1) is 17.2. The number of ketones is 1. The minimum Gasteiger partial charge on any atom is -0.505 e. The summed E-state index contributed by atoms with van der Waals surface area (Å²) in [6.07, 6.45) is 5.45. The minimum absolute atomic E-state index is 0.0453. The van der Waals surface area contributed by atoms with Gasteiger partial charge < -0.3 is 14.9 Å². The number of anilines is 1. The lowest BCUT2D eigenvalue weighted by atomic mass is 9.88. The SMILES string of the molecule is CC(C1CCN(c2c(C(=O)C3CC3)cnc3cc(F)c(-c4cc(Cl)c(O)c(Cl)c4)cc23)CC1)N(C)C. The molecule has 0 spiro atoms. The van der Waals surface area contributed by atoms with Crippen LogP contribution in [0.5, 0.6) is 5.75 Å². The summed E-state index contributed by atoms with van der Waals surface area (Å²) in [6.45, 7) is 3.89. The number of aromatic hydroxyl groups is 1. The lowest BCUT2D eigenvalue weighted by molar-refractivity contribution is 0.0967. The Morgan fingerprint density at radius 3 is 2.33 bits per heavy atom.